The van der Waals surface area contributed by atoms with E-state index >= 15 is 0 Å². The third-order valence-corrected chi connectivity index (χ3v) is 4.94. The van der Waals surface area contributed by atoms with E-state index in [-0.39, 0.29) is 17.5 Å². The Hall–Kier alpha value is -3.85. The molecular weight excluding hydrogens is 406 g/mol. The van der Waals surface area contributed by atoms with Crippen molar-refractivity contribution in [1.29, 1.82) is 0 Å². The van der Waals surface area contributed by atoms with Gasteiger partial charge in [0.25, 0.3) is 11.8 Å². The second-order valence-electron chi connectivity index (χ2n) is 7.08. The van der Waals surface area contributed by atoms with Gasteiger partial charge >= 0.3 is 0 Å². The first-order valence-electron chi connectivity index (χ1n) is 10.3. The van der Waals surface area contributed by atoms with Crippen molar-refractivity contribution in [2.45, 2.75) is 6.92 Å². The fourth-order valence-corrected chi connectivity index (χ4v) is 3.24. The van der Waals surface area contributed by atoms with Gasteiger partial charge in [-0.1, -0.05) is 12.7 Å². The Labute approximate surface area is 187 Å². The molecule has 3 rings (SSSR count). The molecule has 166 valence electrons. The predicted molar refractivity (Wildman–Crippen MR) is 126 cm³/mol. The Morgan fingerprint density at radius 2 is 2.00 bits per heavy atom. The molecule has 2 aromatic heterocycles. The summed E-state index contributed by atoms with van der Waals surface area (Å²) in [5.74, 6) is -0.641. The number of amides is 2. The molecule has 0 saturated carbocycles. The second-order valence-corrected chi connectivity index (χ2v) is 7.08. The van der Waals surface area contributed by atoms with E-state index in [1.807, 2.05) is 6.07 Å². The average Bonchev–Trinajstić information content (AvgIpc) is 2.84. The molecule has 1 saturated heterocycles. The van der Waals surface area contributed by atoms with Gasteiger partial charge in [0, 0.05) is 56.9 Å². The number of piperazine rings is 1. The molecule has 3 heterocycles. The fourth-order valence-electron chi connectivity index (χ4n) is 3.24. The van der Waals surface area contributed by atoms with Crippen LogP contribution in [0, 0.1) is 0 Å². The molecule has 0 bridgehead atoms. The van der Waals surface area contributed by atoms with Crippen LogP contribution in [0.1, 0.15) is 23.0 Å². The number of aromatic nitrogens is 2. The first kappa shape index (κ1) is 22.8. The summed E-state index contributed by atoms with van der Waals surface area (Å²) in [7, 11) is 1.55. The Kier molecular flexibility index (Phi) is 7.82. The van der Waals surface area contributed by atoms with E-state index in [9.17, 15) is 9.59 Å². The monoisotopic (exact) mass is 433 g/mol. The topological polar surface area (TPSA) is 112 Å². The highest BCUT2D eigenvalue weighted by Gasteiger charge is 2.17. The van der Waals surface area contributed by atoms with Crippen LogP contribution >= 0.6 is 0 Å². The van der Waals surface area contributed by atoms with E-state index in [4.69, 9.17) is 0 Å². The quantitative estimate of drug-likeness (QED) is 0.349. The van der Waals surface area contributed by atoms with E-state index in [0.717, 1.165) is 31.9 Å². The first-order chi connectivity index (χ1) is 15.5. The van der Waals surface area contributed by atoms with Crippen LogP contribution in [0.25, 0.3) is 0 Å². The minimum atomic E-state index is -0.372. The minimum absolute atomic E-state index is 0.197. The summed E-state index contributed by atoms with van der Waals surface area (Å²) in [6, 6.07) is 5.25. The molecule has 0 unspecified atom stereocenters. The largest absolute Gasteiger partial charge is 0.367 e. The van der Waals surface area contributed by atoms with Gasteiger partial charge in [0.1, 0.15) is 11.4 Å². The van der Waals surface area contributed by atoms with Crippen molar-refractivity contribution < 1.29 is 9.59 Å². The lowest BCUT2D eigenvalue weighted by atomic mass is 10.1. The van der Waals surface area contributed by atoms with Crippen molar-refractivity contribution in [1.82, 2.24) is 20.6 Å². The molecule has 2 amide bonds. The minimum Gasteiger partial charge on any atom is -0.367 e. The van der Waals surface area contributed by atoms with E-state index in [0.29, 0.717) is 22.7 Å². The molecule has 32 heavy (non-hydrogen) atoms. The number of allylic oxidation sites excluding steroid dienone is 2. The summed E-state index contributed by atoms with van der Waals surface area (Å²) in [4.78, 5) is 39.7. The number of anilines is 2. The zero-order valence-electron chi connectivity index (χ0n) is 18.3. The molecule has 0 aliphatic carbocycles. The van der Waals surface area contributed by atoms with Gasteiger partial charge in [-0.25, -0.2) is 4.99 Å². The summed E-state index contributed by atoms with van der Waals surface area (Å²) >= 11 is 0. The Bertz CT molecular complexity index is 1040. The molecule has 9 heteroatoms. The maximum Gasteiger partial charge on any atom is 0.274 e. The van der Waals surface area contributed by atoms with Crippen LogP contribution in [-0.4, -0.2) is 60.7 Å². The lowest BCUT2D eigenvalue weighted by Gasteiger charge is -2.30. The number of nitrogens with zero attached hydrogens (tertiary/aromatic N) is 4. The van der Waals surface area contributed by atoms with E-state index < -0.39 is 0 Å². The van der Waals surface area contributed by atoms with Crippen molar-refractivity contribution in [2.75, 3.05) is 43.4 Å². The van der Waals surface area contributed by atoms with Crippen molar-refractivity contribution >= 4 is 28.9 Å². The molecule has 0 atom stereocenters. The lowest BCUT2D eigenvalue weighted by Crippen LogP contribution is -2.43. The maximum atomic E-state index is 13.0. The zero-order valence-corrected chi connectivity index (χ0v) is 18.3. The third kappa shape index (κ3) is 5.64. The van der Waals surface area contributed by atoms with Gasteiger partial charge in [-0.2, -0.15) is 0 Å². The standard InChI is InChI=1S/C23H27N7O2/c1-4-5-19(28-16(2)17-6-7-18(27-14-17)22(31)24-3)23(32)29-20-15-26-9-8-21(20)30-12-10-25-11-13-30/h4-9,14-15,25H,1,10-13H2,2-3H3,(H,24,31)(H,29,32)/b19-5-,28-16?. The summed E-state index contributed by atoms with van der Waals surface area (Å²) in [6.07, 6.45) is 7.96. The highest BCUT2D eigenvalue weighted by molar-refractivity contribution is 6.09. The molecule has 1 aliphatic rings. The number of carbonyl (C=O) groups is 2. The van der Waals surface area contributed by atoms with Crippen LogP contribution in [0.4, 0.5) is 11.4 Å². The molecule has 0 spiro atoms. The molecular formula is C23H27N7O2. The zero-order chi connectivity index (χ0) is 22.9. The fraction of sp³-hybridized carbons (Fsp3) is 0.261. The third-order valence-electron chi connectivity index (χ3n) is 4.94. The van der Waals surface area contributed by atoms with Gasteiger partial charge in [0.05, 0.1) is 17.6 Å². The smallest absolute Gasteiger partial charge is 0.274 e. The van der Waals surface area contributed by atoms with Crippen LogP contribution in [0.2, 0.25) is 0 Å². The molecule has 1 aliphatic heterocycles. The van der Waals surface area contributed by atoms with Crippen LogP contribution < -0.4 is 20.9 Å². The van der Waals surface area contributed by atoms with Crippen molar-refractivity contribution in [3.8, 4) is 0 Å². The molecule has 0 aromatic carbocycles. The summed E-state index contributed by atoms with van der Waals surface area (Å²) in [5.41, 5.74) is 3.32. The number of nitrogens with one attached hydrogen (secondary N) is 3. The van der Waals surface area contributed by atoms with Gasteiger partial charge in [-0.15, -0.1) is 0 Å². The molecule has 9 nitrogen and oxygen atoms in total. The van der Waals surface area contributed by atoms with E-state index in [1.165, 1.54) is 6.08 Å². The number of rotatable bonds is 7. The number of aliphatic imine (C=N–C) groups is 1. The predicted octanol–water partition coefficient (Wildman–Crippen LogP) is 1.76. The highest BCUT2D eigenvalue weighted by atomic mass is 16.2. The van der Waals surface area contributed by atoms with Crippen LogP contribution in [0.5, 0.6) is 0 Å². The summed E-state index contributed by atoms with van der Waals surface area (Å²) < 4.78 is 0. The first-order valence-corrected chi connectivity index (χ1v) is 10.3. The highest BCUT2D eigenvalue weighted by Crippen LogP contribution is 2.25. The summed E-state index contributed by atoms with van der Waals surface area (Å²) in [5, 5.41) is 8.77. The maximum absolute atomic E-state index is 13.0. The van der Waals surface area contributed by atoms with Gasteiger partial charge in [-0.05, 0) is 31.2 Å². The van der Waals surface area contributed by atoms with Gasteiger partial charge < -0.3 is 20.9 Å². The number of pyridine rings is 2. The van der Waals surface area contributed by atoms with Crippen LogP contribution in [0.3, 0.4) is 0 Å². The molecule has 3 N–H and O–H groups in total. The summed E-state index contributed by atoms with van der Waals surface area (Å²) in [6.45, 7) is 8.92. The number of carbonyl (C=O) groups excluding carboxylic acids is 2. The number of hydrogen-bond acceptors (Lipinski definition) is 7. The van der Waals surface area contributed by atoms with Crippen LogP contribution in [0.15, 0.2) is 66.2 Å². The van der Waals surface area contributed by atoms with Gasteiger partial charge in [0.2, 0.25) is 0 Å². The lowest BCUT2D eigenvalue weighted by molar-refractivity contribution is -0.112. The normalized spacial score (nSPS) is 14.6. The second kappa shape index (κ2) is 11.0. The Balaban J connectivity index is 1.80. The van der Waals surface area contributed by atoms with Crippen LogP contribution in [-0.2, 0) is 4.79 Å². The van der Waals surface area contributed by atoms with E-state index in [1.54, 1.807) is 50.8 Å². The van der Waals surface area contributed by atoms with Crippen molar-refractivity contribution in [3.05, 3.63) is 72.5 Å². The number of hydrogen-bond donors (Lipinski definition) is 3. The van der Waals surface area contributed by atoms with E-state index in [2.05, 4.69) is 42.4 Å². The SMILES string of the molecule is C=C/C=C(\N=C(C)c1ccc(C(=O)NC)nc1)C(=O)Nc1cnccc1N1CCNCC1. The molecule has 2 aromatic rings. The van der Waals surface area contributed by atoms with Crippen molar-refractivity contribution in [2.24, 2.45) is 4.99 Å². The Morgan fingerprint density at radius 1 is 1.22 bits per heavy atom. The molecule has 1 fully saturated rings. The molecule has 0 radical (unpaired) electrons. The van der Waals surface area contributed by atoms with Gasteiger partial charge in [0.15, 0.2) is 0 Å². The van der Waals surface area contributed by atoms with Gasteiger partial charge in [-0.3, -0.25) is 19.6 Å². The average molecular weight is 434 g/mol. The van der Waals surface area contributed by atoms with Crippen molar-refractivity contribution in [3.63, 3.8) is 0 Å². The Morgan fingerprint density at radius 3 is 2.66 bits per heavy atom.